The van der Waals surface area contributed by atoms with Gasteiger partial charge in [0.1, 0.15) is 22.8 Å². The first-order valence-electron chi connectivity index (χ1n) is 10.9. The lowest BCUT2D eigenvalue weighted by Gasteiger charge is -2.49. The number of rotatable bonds is 12. The quantitative estimate of drug-likeness (QED) is 0.0577. The zero-order valence-electron chi connectivity index (χ0n) is 19.4. The van der Waals surface area contributed by atoms with Gasteiger partial charge in [-0.3, -0.25) is 24.3 Å². The van der Waals surface area contributed by atoms with Gasteiger partial charge in [0, 0.05) is 51.4 Å². The van der Waals surface area contributed by atoms with Gasteiger partial charge in [-0.15, -0.1) is 23.1 Å². The number of hydrogen-bond acceptors (Lipinski definition) is 13. The number of β-lactam (4-membered cyclic amide) rings is 1. The van der Waals surface area contributed by atoms with Gasteiger partial charge in [-0.05, 0) is 11.6 Å². The van der Waals surface area contributed by atoms with Crippen LogP contribution in [0.25, 0.3) is 0 Å². The van der Waals surface area contributed by atoms with E-state index in [-0.39, 0.29) is 16.5 Å². The Morgan fingerprint density at radius 3 is 2.89 bits per heavy atom. The molecule has 1 saturated heterocycles. The number of carbonyl (C=O) groups is 4. The van der Waals surface area contributed by atoms with E-state index in [0.29, 0.717) is 35.1 Å². The van der Waals surface area contributed by atoms with Crippen LogP contribution in [0.2, 0.25) is 0 Å². The summed E-state index contributed by atoms with van der Waals surface area (Å²) in [6.07, 6.45) is 3.96. The van der Waals surface area contributed by atoms with Crippen molar-refractivity contribution in [3.8, 4) is 0 Å². The Balaban J connectivity index is 1.48. The molecule has 4 heterocycles. The van der Waals surface area contributed by atoms with Gasteiger partial charge in [-0.2, -0.15) is 11.8 Å². The minimum atomic E-state index is -1.25. The maximum absolute atomic E-state index is 13.0. The number of nitrogen functional groups attached to an aromatic ring is 1. The number of carboxylic acid groups (broad SMARTS) is 1. The van der Waals surface area contributed by atoms with E-state index in [0.717, 1.165) is 21.8 Å². The fraction of sp³-hybridized carbons (Fsp3) is 0.286. The first kappa shape index (κ1) is 27.7. The molecule has 2 aromatic heterocycles. The predicted octanol–water partition coefficient (Wildman–Crippen LogP) is 0.766. The average Bonchev–Trinajstić information content (AvgIpc) is 3.33. The lowest BCUT2D eigenvalue weighted by Crippen LogP contribution is -2.71. The van der Waals surface area contributed by atoms with Crippen molar-refractivity contribution in [2.75, 3.05) is 23.8 Å². The molecule has 6 N–H and O–H groups in total. The number of carboxylic acids is 1. The topological polar surface area (TPSA) is 200 Å². The molecule has 0 bridgehead atoms. The average molecular weight is 596 g/mol. The number of aliphatic carboxylic acids is 1. The van der Waals surface area contributed by atoms with Gasteiger partial charge in [-0.25, -0.2) is 9.78 Å². The second kappa shape index (κ2) is 12.5. The summed E-state index contributed by atoms with van der Waals surface area (Å²) in [5.41, 5.74) is 6.00. The number of thioether (sulfide) groups is 3. The Kier molecular flexibility index (Phi) is 9.13. The van der Waals surface area contributed by atoms with Crippen LogP contribution in [0, 0.1) is 0 Å². The van der Waals surface area contributed by atoms with Crippen LogP contribution in [0.4, 0.5) is 5.13 Å². The van der Waals surface area contributed by atoms with Crippen molar-refractivity contribution < 1.29 is 29.5 Å². The number of nitrogens with one attached hydrogen (secondary N) is 2. The molecule has 0 spiro atoms. The highest BCUT2D eigenvalue weighted by atomic mass is 32.2. The van der Waals surface area contributed by atoms with Gasteiger partial charge in [0.2, 0.25) is 6.41 Å². The fourth-order valence-corrected chi connectivity index (χ4v) is 7.68. The smallest absolute Gasteiger partial charge is 0.353 e. The molecule has 17 heteroatoms. The van der Waals surface area contributed by atoms with Gasteiger partial charge < -0.3 is 26.7 Å². The number of anilines is 1. The predicted molar refractivity (Wildman–Crippen MR) is 145 cm³/mol. The molecule has 13 nitrogen and oxygen atoms in total. The van der Waals surface area contributed by atoms with Crippen LogP contribution in [0.5, 0.6) is 0 Å². The molecule has 2 atom stereocenters. The summed E-state index contributed by atoms with van der Waals surface area (Å²) in [5.74, 6) is -1.06. The summed E-state index contributed by atoms with van der Waals surface area (Å²) in [6, 6.07) is 0.782. The zero-order chi connectivity index (χ0) is 27.2. The first-order chi connectivity index (χ1) is 18.3. The molecule has 2 aliphatic rings. The van der Waals surface area contributed by atoms with E-state index in [2.05, 4.69) is 25.8 Å². The van der Waals surface area contributed by atoms with Crippen LogP contribution in [-0.4, -0.2) is 84.6 Å². The number of aromatic nitrogens is 2. The van der Waals surface area contributed by atoms with Crippen LogP contribution in [0.3, 0.4) is 0 Å². The third-order valence-corrected chi connectivity index (χ3v) is 9.67. The van der Waals surface area contributed by atoms with Gasteiger partial charge in [0.25, 0.3) is 11.8 Å². The SMILES string of the molecule is Nc1nc(/C(=N/O)C(=O)N[C@@H]2C(=O)N3C(C(=O)O)=C(Sc4ccncc4CSCCNC=O)CS[C@H]23)cs1. The highest BCUT2D eigenvalue weighted by Crippen LogP contribution is 2.45. The lowest BCUT2D eigenvalue weighted by atomic mass is 10.0. The normalized spacial score (nSPS) is 19.0. The Morgan fingerprint density at radius 1 is 1.39 bits per heavy atom. The number of nitrogens with two attached hydrogens (primary N) is 1. The van der Waals surface area contributed by atoms with E-state index in [9.17, 15) is 29.5 Å². The fourth-order valence-electron chi connectivity index (χ4n) is 3.62. The minimum Gasteiger partial charge on any atom is -0.477 e. The zero-order valence-corrected chi connectivity index (χ0v) is 22.7. The molecule has 0 aliphatic carbocycles. The standard InChI is InChI=1S/C21H21N7O6S4/c22-21-25-11(7-37-21)14(27-34)17(30)26-15-18(31)28-16(20(32)33)13(8-36-19(15)28)38-12-1-2-23-5-10(12)6-35-4-3-24-9-29/h1-2,5,7,9,15,19,34H,3-4,6,8H2,(H2,22,25)(H,24,29)(H,26,30)(H,32,33)/b27-14-/t15-,19-/m1/s1. The van der Waals surface area contributed by atoms with Crippen molar-refractivity contribution in [1.29, 1.82) is 0 Å². The minimum absolute atomic E-state index is 0.0588. The van der Waals surface area contributed by atoms with E-state index in [4.69, 9.17) is 5.73 Å². The van der Waals surface area contributed by atoms with Gasteiger partial charge >= 0.3 is 5.97 Å². The van der Waals surface area contributed by atoms with Gasteiger partial charge in [0.05, 0.1) is 0 Å². The number of hydrogen-bond donors (Lipinski definition) is 5. The summed E-state index contributed by atoms with van der Waals surface area (Å²) < 4.78 is 0. The maximum atomic E-state index is 13.0. The van der Waals surface area contributed by atoms with E-state index in [1.165, 1.54) is 33.8 Å². The number of fused-ring (bicyclic) bond motifs is 1. The number of carbonyl (C=O) groups excluding carboxylic acids is 3. The van der Waals surface area contributed by atoms with E-state index < -0.39 is 34.9 Å². The van der Waals surface area contributed by atoms with Crippen molar-refractivity contribution in [3.63, 3.8) is 0 Å². The maximum Gasteiger partial charge on any atom is 0.353 e. The van der Waals surface area contributed by atoms with Gasteiger partial charge in [0.15, 0.2) is 10.8 Å². The monoisotopic (exact) mass is 595 g/mol. The van der Waals surface area contributed by atoms with Crippen molar-refractivity contribution in [3.05, 3.63) is 45.7 Å². The molecular weight excluding hydrogens is 575 g/mol. The van der Waals surface area contributed by atoms with E-state index in [1.807, 2.05) is 0 Å². The molecule has 0 radical (unpaired) electrons. The van der Waals surface area contributed by atoms with Crippen LogP contribution in [0.1, 0.15) is 11.3 Å². The van der Waals surface area contributed by atoms with E-state index in [1.54, 1.807) is 30.2 Å². The molecule has 3 amide bonds. The molecule has 200 valence electrons. The highest BCUT2D eigenvalue weighted by Gasteiger charge is 2.54. The lowest BCUT2D eigenvalue weighted by molar-refractivity contribution is -0.150. The highest BCUT2D eigenvalue weighted by molar-refractivity contribution is 8.06. The number of pyridine rings is 1. The summed E-state index contributed by atoms with van der Waals surface area (Å²) in [6.45, 7) is 0.529. The second-order valence-corrected chi connectivity index (χ2v) is 11.9. The molecule has 0 saturated carbocycles. The van der Waals surface area contributed by atoms with Crippen LogP contribution >= 0.6 is 46.6 Å². The van der Waals surface area contributed by atoms with Crippen LogP contribution in [-0.2, 0) is 24.9 Å². The number of thiazole rings is 1. The Morgan fingerprint density at radius 2 is 2.21 bits per heavy atom. The van der Waals surface area contributed by atoms with E-state index >= 15 is 0 Å². The number of amides is 3. The van der Waals surface area contributed by atoms with Gasteiger partial charge in [-0.1, -0.05) is 16.9 Å². The molecule has 1 fully saturated rings. The van der Waals surface area contributed by atoms with Crippen molar-refractivity contribution in [2.45, 2.75) is 22.1 Å². The molecular formula is C21H21N7O6S4. The van der Waals surface area contributed by atoms with Crippen molar-refractivity contribution >= 4 is 81.7 Å². The largest absolute Gasteiger partial charge is 0.477 e. The Hall–Kier alpha value is -3.28. The molecule has 2 aliphatic heterocycles. The van der Waals surface area contributed by atoms with Crippen LogP contribution in [0.15, 0.2) is 44.5 Å². The third-order valence-electron chi connectivity index (χ3n) is 5.33. The molecule has 0 aromatic carbocycles. The Labute approximate surface area is 232 Å². The summed E-state index contributed by atoms with van der Waals surface area (Å²) in [4.78, 5) is 58.9. The van der Waals surface area contributed by atoms with Crippen molar-refractivity contribution in [1.82, 2.24) is 25.5 Å². The second-order valence-electron chi connectivity index (χ2n) is 7.67. The van der Waals surface area contributed by atoms with Crippen molar-refractivity contribution in [2.24, 2.45) is 5.16 Å². The molecule has 4 rings (SSSR count). The Bertz CT molecular complexity index is 1320. The molecule has 2 aromatic rings. The third kappa shape index (κ3) is 5.90. The summed E-state index contributed by atoms with van der Waals surface area (Å²) in [5, 5.41) is 28.4. The summed E-state index contributed by atoms with van der Waals surface area (Å²) in [7, 11) is 0. The molecule has 38 heavy (non-hydrogen) atoms. The molecule has 0 unspecified atom stereocenters. The number of oxime groups is 1. The number of nitrogens with zero attached hydrogens (tertiary/aromatic N) is 4. The first-order valence-corrected chi connectivity index (χ1v) is 14.8. The van der Waals surface area contributed by atoms with Crippen LogP contribution < -0.4 is 16.4 Å². The summed E-state index contributed by atoms with van der Waals surface area (Å²) >= 11 is 5.23.